The summed E-state index contributed by atoms with van der Waals surface area (Å²) < 4.78 is 17.8. The lowest BCUT2D eigenvalue weighted by Crippen LogP contribution is -2.25. The molecule has 18 heavy (non-hydrogen) atoms. The molecule has 0 bridgehead atoms. The average Bonchev–Trinajstić information content (AvgIpc) is 2.78. The molecule has 1 aliphatic rings. The van der Waals surface area contributed by atoms with Crippen molar-refractivity contribution < 1.29 is 9.13 Å². The van der Waals surface area contributed by atoms with Gasteiger partial charge >= 0.3 is 0 Å². The molecule has 2 rings (SSSR count). The Hall–Kier alpha value is -1.20. The first-order valence-corrected chi connectivity index (χ1v) is 6.26. The lowest BCUT2D eigenvalue weighted by molar-refractivity contribution is 0.255. The van der Waals surface area contributed by atoms with Crippen LogP contribution in [0.25, 0.3) is 0 Å². The van der Waals surface area contributed by atoms with Gasteiger partial charge in [-0.3, -0.25) is 0 Å². The lowest BCUT2D eigenvalue weighted by atomic mass is 10.2. The molecule has 3 nitrogen and oxygen atoms in total. The standard InChI is InChI=1S/C12H12ClFN2OS/c13-11-2-1-9(6-15-11)7-16(4-3-14)10-5-12(18)17-8-10/h1-2,5-6H,3-4,7-8H2. The van der Waals surface area contributed by atoms with Crippen LogP contribution in [0.3, 0.4) is 0 Å². The van der Waals surface area contributed by atoms with Crippen molar-refractivity contribution >= 4 is 28.9 Å². The van der Waals surface area contributed by atoms with Gasteiger partial charge in [0.2, 0.25) is 0 Å². The molecule has 0 saturated carbocycles. The number of halogens is 2. The number of thiocarbonyl (C=S) groups is 1. The van der Waals surface area contributed by atoms with Gasteiger partial charge in [-0.25, -0.2) is 9.37 Å². The van der Waals surface area contributed by atoms with Gasteiger partial charge in [0, 0.05) is 25.4 Å². The SMILES string of the molecule is FCCN(Cc1ccc(Cl)nc1)C1=CC(=S)OC1. The van der Waals surface area contributed by atoms with Gasteiger partial charge in [-0.15, -0.1) is 0 Å². The second-order valence-electron chi connectivity index (χ2n) is 3.84. The maximum atomic E-state index is 12.6. The summed E-state index contributed by atoms with van der Waals surface area (Å²) in [6, 6.07) is 3.59. The van der Waals surface area contributed by atoms with Crippen LogP contribution < -0.4 is 0 Å². The summed E-state index contributed by atoms with van der Waals surface area (Å²) in [6.45, 7) is 0.845. The highest BCUT2D eigenvalue weighted by molar-refractivity contribution is 7.80. The number of hydrogen-bond acceptors (Lipinski definition) is 4. The minimum absolute atomic E-state index is 0.306. The van der Waals surface area contributed by atoms with E-state index in [-0.39, 0.29) is 0 Å². The smallest absolute Gasteiger partial charge is 0.186 e. The molecule has 0 atom stereocenters. The number of alkyl halides is 1. The Bertz CT molecular complexity index is 464. The van der Waals surface area contributed by atoms with Crippen molar-refractivity contribution in [2.75, 3.05) is 19.8 Å². The van der Waals surface area contributed by atoms with Crippen LogP contribution in [0.1, 0.15) is 5.56 Å². The van der Waals surface area contributed by atoms with E-state index in [1.165, 1.54) is 0 Å². The van der Waals surface area contributed by atoms with Crippen LogP contribution in [0.2, 0.25) is 5.15 Å². The van der Waals surface area contributed by atoms with Gasteiger partial charge in [0.15, 0.2) is 5.05 Å². The van der Waals surface area contributed by atoms with E-state index in [1.807, 2.05) is 11.0 Å². The summed E-state index contributed by atoms with van der Waals surface area (Å²) in [4.78, 5) is 5.90. The van der Waals surface area contributed by atoms with Gasteiger partial charge in [-0.2, -0.15) is 0 Å². The number of hydrogen-bond donors (Lipinski definition) is 0. The molecular formula is C12H12ClFN2OS. The molecule has 0 aromatic carbocycles. The Morgan fingerprint density at radius 2 is 2.33 bits per heavy atom. The van der Waals surface area contributed by atoms with Crippen molar-refractivity contribution in [2.24, 2.45) is 0 Å². The molecule has 0 amide bonds. The molecule has 96 valence electrons. The number of ether oxygens (including phenoxy) is 1. The van der Waals surface area contributed by atoms with E-state index in [1.54, 1.807) is 18.3 Å². The van der Waals surface area contributed by atoms with Crippen molar-refractivity contribution in [2.45, 2.75) is 6.54 Å². The average molecular weight is 287 g/mol. The zero-order valence-electron chi connectivity index (χ0n) is 9.60. The normalized spacial score (nSPS) is 14.3. The summed E-state index contributed by atoms with van der Waals surface area (Å²) in [5.74, 6) is 0. The van der Waals surface area contributed by atoms with Gasteiger partial charge < -0.3 is 9.64 Å². The largest absolute Gasteiger partial charge is 0.477 e. The molecule has 0 unspecified atom stereocenters. The predicted molar refractivity (Wildman–Crippen MR) is 72.3 cm³/mol. The molecule has 0 radical (unpaired) electrons. The van der Waals surface area contributed by atoms with Crippen molar-refractivity contribution in [1.29, 1.82) is 0 Å². The summed E-state index contributed by atoms with van der Waals surface area (Å²) in [5.41, 5.74) is 1.86. The Labute approximate surface area is 115 Å². The molecule has 0 N–H and O–H groups in total. The van der Waals surface area contributed by atoms with Crippen LogP contribution in [0.4, 0.5) is 4.39 Å². The maximum absolute atomic E-state index is 12.6. The molecule has 0 spiro atoms. The molecule has 1 aliphatic heterocycles. The van der Waals surface area contributed by atoms with Crippen LogP contribution in [0.5, 0.6) is 0 Å². The van der Waals surface area contributed by atoms with Crippen LogP contribution in [-0.2, 0) is 11.3 Å². The fraction of sp³-hybridized carbons (Fsp3) is 0.333. The summed E-state index contributed by atoms with van der Waals surface area (Å²) in [6.07, 6.45) is 3.44. The second-order valence-corrected chi connectivity index (χ2v) is 4.63. The number of rotatable bonds is 5. The first kappa shape index (κ1) is 13.2. The molecule has 0 aliphatic carbocycles. The molecule has 2 heterocycles. The van der Waals surface area contributed by atoms with E-state index in [0.717, 1.165) is 11.3 Å². The molecule has 6 heteroatoms. The number of nitrogens with zero attached hydrogens (tertiary/aromatic N) is 2. The Morgan fingerprint density at radius 1 is 1.50 bits per heavy atom. The topological polar surface area (TPSA) is 25.4 Å². The quantitative estimate of drug-likeness (QED) is 0.614. The third-order valence-electron chi connectivity index (χ3n) is 2.57. The predicted octanol–water partition coefficient (Wildman–Crippen LogP) is 2.75. The van der Waals surface area contributed by atoms with Gasteiger partial charge in [0.05, 0.1) is 5.70 Å². The van der Waals surface area contributed by atoms with Gasteiger partial charge in [-0.05, 0) is 23.8 Å². The Morgan fingerprint density at radius 3 is 2.89 bits per heavy atom. The minimum Gasteiger partial charge on any atom is -0.477 e. The van der Waals surface area contributed by atoms with E-state index in [9.17, 15) is 4.39 Å². The van der Waals surface area contributed by atoms with Crippen LogP contribution >= 0.6 is 23.8 Å². The molecule has 0 fully saturated rings. The fourth-order valence-corrected chi connectivity index (χ4v) is 2.00. The molecule has 0 saturated heterocycles. The molecule has 1 aromatic heterocycles. The molecular weight excluding hydrogens is 275 g/mol. The van der Waals surface area contributed by atoms with Crippen molar-refractivity contribution in [3.63, 3.8) is 0 Å². The fourth-order valence-electron chi connectivity index (χ4n) is 1.69. The number of pyridine rings is 1. The van der Waals surface area contributed by atoms with Crippen molar-refractivity contribution in [3.05, 3.63) is 40.8 Å². The van der Waals surface area contributed by atoms with E-state index in [2.05, 4.69) is 4.98 Å². The van der Waals surface area contributed by atoms with E-state index in [4.69, 9.17) is 28.6 Å². The van der Waals surface area contributed by atoms with Crippen LogP contribution in [0.15, 0.2) is 30.1 Å². The number of aromatic nitrogens is 1. The van der Waals surface area contributed by atoms with Gasteiger partial charge in [-0.1, -0.05) is 17.7 Å². The maximum Gasteiger partial charge on any atom is 0.186 e. The van der Waals surface area contributed by atoms with E-state index in [0.29, 0.717) is 29.9 Å². The first-order chi connectivity index (χ1) is 8.69. The highest BCUT2D eigenvalue weighted by Crippen LogP contribution is 2.16. The van der Waals surface area contributed by atoms with Crippen LogP contribution in [0, 0.1) is 0 Å². The molecule has 1 aromatic rings. The lowest BCUT2D eigenvalue weighted by Gasteiger charge is -2.23. The zero-order chi connectivity index (χ0) is 13.0. The third kappa shape index (κ3) is 3.40. The second kappa shape index (κ2) is 6.11. The Kier molecular flexibility index (Phi) is 4.49. The van der Waals surface area contributed by atoms with Crippen molar-refractivity contribution in [3.8, 4) is 0 Å². The third-order valence-corrected chi connectivity index (χ3v) is 3.03. The Balaban J connectivity index is 2.08. The van der Waals surface area contributed by atoms with Crippen LogP contribution in [-0.4, -0.2) is 34.8 Å². The summed E-state index contributed by atoms with van der Waals surface area (Å²) in [7, 11) is 0. The highest BCUT2D eigenvalue weighted by atomic mass is 35.5. The zero-order valence-corrected chi connectivity index (χ0v) is 11.2. The first-order valence-electron chi connectivity index (χ1n) is 5.47. The monoisotopic (exact) mass is 286 g/mol. The summed E-state index contributed by atoms with van der Waals surface area (Å²) >= 11 is 10.7. The minimum atomic E-state index is -0.425. The highest BCUT2D eigenvalue weighted by Gasteiger charge is 2.17. The van der Waals surface area contributed by atoms with E-state index < -0.39 is 6.67 Å². The summed E-state index contributed by atoms with van der Waals surface area (Å²) in [5, 5.41) is 0.892. The van der Waals surface area contributed by atoms with Gasteiger partial charge in [0.1, 0.15) is 18.4 Å². The van der Waals surface area contributed by atoms with E-state index >= 15 is 0 Å². The van der Waals surface area contributed by atoms with Gasteiger partial charge in [0.25, 0.3) is 0 Å². The van der Waals surface area contributed by atoms with Crippen molar-refractivity contribution in [1.82, 2.24) is 9.88 Å².